The Bertz CT molecular complexity index is 1020. The molecule has 3 aliphatic carbocycles. The van der Waals surface area contributed by atoms with Gasteiger partial charge in [-0.15, -0.1) is 0 Å². The molecular weight excluding hydrogens is 336 g/mol. The lowest BCUT2D eigenvalue weighted by Crippen LogP contribution is -2.44. The highest BCUT2D eigenvalue weighted by atomic mass is 16.3. The zero-order chi connectivity index (χ0) is 18.4. The van der Waals surface area contributed by atoms with Crippen LogP contribution >= 0.6 is 0 Å². The molecule has 5 rings (SSSR count). The van der Waals surface area contributed by atoms with Gasteiger partial charge in [0.1, 0.15) is 17.1 Å². The lowest BCUT2D eigenvalue weighted by atomic mass is 9.60. The van der Waals surface area contributed by atoms with E-state index in [1.165, 1.54) is 12.1 Å². The number of aromatic hydroxyl groups is 2. The summed E-state index contributed by atoms with van der Waals surface area (Å²) in [7, 11) is 0. The standard InChI is InChI=1S/C20H16O6/c21-10-4-2-9-16-15(13(24)7-14(25)17(10)16)8-1-3-11(22)18-12(23)5-6-20(9,26)19(8)18/h1-4,13,15,21-22,24,26H,5-7H2/t13-,15-,20-/m1/s1. The number of carbonyl (C=O) groups is 2. The molecule has 0 bridgehead atoms. The molecule has 0 amide bonds. The van der Waals surface area contributed by atoms with Gasteiger partial charge in [0.2, 0.25) is 0 Å². The highest BCUT2D eigenvalue weighted by molar-refractivity contribution is 6.05. The summed E-state index contributed by atoms with van der Waals surface area (Å²) in [5, 5.41) is 42.7. The van der Waals surface area contributed by atoms with E-state index in [2.05, 4.69) is 0 Å². The second-order valence-corrected chi connectivity index (χ2v) is 7.30. The molecule has 0 saturated heterocycles. The number of phenolic OH excluding ortho intramolecular Hbond substituents is 2. The number of Topliss-reactive ketones (excluding diaryl/α,β-unsaturated/α-hetero) is 2. The van der Waals surface area contributed by atoms with Crippen LogP contribution in [0.15, 0.2) is 24.3 Å². The highest BCUT2D eigenvalue weighted by Gasteiger charge is 2.52. The van der Waals surface area contributed by atoms with E-state index in [0.29, 0.717) is 22.3 Å². The van der Waals surface area contributed by atoms with E-state index in [4.69, 9.17) is 0 Å². The van der Waals surface area contributed by atoms with Gasteiger partial charge in [-0.05, 0) is 35.2 Å². The Morgan fingerprint density at radius 2 is 1.65 bits per heavy atom. The van der Waals surface area contributed by atoms with E-state index >= 15 is 0 Å². The molecule has 26 heavy (non-hydrogen) atoms. The van der Waals surface area contributed by atoms with Crippen molar-refractivity contribution in [3.8, 4) is 11.5 Å². The summed E-state index contributed by atoms with van der Waals surface area (Å²) < 4.78 is 0. The van der Waals surface area contributed by atoms with Crippen LogP contribution in [0.5, 0.6) is 11.5 Å². The predicted octanol–water partition coefficient (Wildman–Crippen LogP) is 1.70. The van der Waals surface area contributed by atoms with Gasteiger partial charge in [0.15, 0.2) is 11.6 Å². The molecule has 0 aromatic heterocycles. The van der Waals surface area contributed by atoms with Crippen molar-refractivity contribution in [2.45, 2.75) is 36.9 Å². The van der Waals surface area contributed by atoms with Gasteiger partial charge in [-0.1, -0.05) is 12.1 Å². The van der Waals surface area contributed by atoms with E-state index < -0.39 is 17.6 Å². The van der Waals surface area contributed by atoms with Crippen LogP contribution in [0.2, 0.25) is 0 Å². The number of hydrogen-bond acceptors (Lipinski definition) is 6. The molecular formula is C20H16O6. The predicted molar refractivity (Wildman–Crippen MR) is 89.6 cm³/mol. The molecule has 6 heteroatoms. The highest BCUT2D eigenvalue weighted by Crippen LogP contribution is 2.57. The van der Waals surface area contributed by atoms with E-state index in [1.54, 1.807) is 12.1 Å². The molecule has 132 valence electrons. The van der Waals surface area contributed by atoms with E-state index in [-0.39, 0.29) is 53.5 Å². The van der Waals surface area contributed by atoms with Crippen molar-refractivity contribution >= 4 is 11.6 Å². The number of ketones is 2. The Morgan fingerprint density at radius 1 is 0.962 bits per heavy atom. The lowest BCUT2D eigenvalue weighted by Gasteiger charge is -2.46. The topological polar surface area (TPSA) is 115 Å². The van der Waals surface area contributed by atoms with Crippen LogP contribution in [0.4, 0.5) is 0 Å². The summed E-state index contributed by atoms with van der Waals surface area (Å²) >= 11 is 0. The van der Waals surface area contributed by atoms with Crippen LogP contribution in [0.1, 0.15) is 68.2 Å². The summed E-state index contributed by atoms with van der Waals surface area (Å²) in [5.41, 5.74) is 0.333. The summed E-state index contributed by atoms with van der Waals surface area (Å²) in [4.78, 5) is 24.9. The first-order valence-electron chi connectivity index (χ1n) is 8.54. The normalized spacial score (nSPS) is 28.5. The Morgan fingerprint density at radius 3 is 2.42 bits per heavy atom. The quantitative estimate of drug-likeness (QED) is 0.574. The van der Waals surface area contributed by atoms with Crippen LogP contribution in [-0.2, 0) is 5.60 Å². The fourth-order valence-electron chi connectivity index (χ4n) is 4.96. The number of rotatable bonds is 0. The molecule has 4 N–H and O–H groups in total. The minimum atomic E-state index is -1.55. The zero-order valence-corrected chi connectivity index (χ0v) is 13.7. The van der Waals surface area contributed by atoms with Crippen molar-refractivity contribution in [1.29, 1.82) is 0 Å². The van der Waals surface area contributed by atoms with E-state index in [9.17, 15) is 30.0 Å². The van der Waals surface area contributed by atoms with Gasteiger partial charge in [-0.2, -0.15) is 0 Å². The molecule has 3 atom stereocenters. The average molecular weight is 352 g/mol. The van der Waals surface area contributed by atoms with Crippen LogP contribution in [0, 0.1) is 0 Å². The first-order valence-corrected chi connectivity index (χ1v) is 8.54. The maximum Gasteiger partial charge on any atom is 0.169 e. The van der Waals surface area contributed by atoms with Gasteiger partial charge >= 0.3 is 0 Å². The van der Waals surface area contributed by atoms with Crippen LogP contribution in [0.25, 0.3) is 0 Å². The number of benzene rings is 2. The van der Waals surface area contributed by atoms with Crippen LogP contribution in [-0.4, -0.2) is 38.1 Å². The molecule has 0 aliphatic heterocycles. The van der Waals surface area contributed by atoms with Crippen molar-refractivity contribution in [1.82, 2.24) is 0 Å². The second-order valence-electron chi connectivity index (χ2n) is 7.30. The summed E-state index contributed by atoms with van der Waals surface area (Å²) in [5.74, 6) is -1.65. The largest absolute Gasteiger partial charge is 0.507 e. The smallest absolute Gasteiger partial charge is 0.169 e. The fraction of sp³-hybridized carbons (Fsp3) is 0.300. The molecule has 0 radical (unpaired) electrons. The van der Waals surface area contributed by atoms with Crippen molar-refractivity contribution in [2.24, 2.45) is 0 Å². The third-order valence-electron chi connectivity index (χ3n) is 6.00. The molecule has 0 fully saturated rings. The maximum absolute atomic E-state index is 12.5. The van der Waals surface area contributed by atoms with Crippen molar-refractivity contribution < 1.29 is 30.0 Å². The number of carbonyl (C=O) groups excluding carboxylic acids is 2. The first kappa shape index (κ1) is 15.5. The third-order valence-corrected chi connectivity index (χ3v) is 6.00. The van der Waals surface area contributed by atoms with E-state index in [1.807, 2.05) is 0 Å². The van der Waals surface area contributed by atoms with Gasteiger partial charge in [0.25, 0.3) is 0 Å². The number of fused-ring (bicyclic) bond motifs is 2. The molecule has 2 aromatic carbocycles. The van der Waals surface area contributed by atoms with Crippen LogP contribution < -0.4 is 0 Å². The number of hydrogen-bond donors (Lipinski definition) is 4. The second kappa shape index (κ2) is 4.72. The summed E-state index contributed by atoms with van der Waals surface area (Å²) in [6.45, 7) is 0. The minimum Gasteiger partial charge on any atom is -0.507 e. The Kier molecular flexibility index (Phi) is 2.82. The third kappa shape index (κ3) is 1.63. The summed E-state index contributed by atoms with van der Waals surface area (Å²) in [6.07, 6.45) is -1.02. The number of phenols is 2. The Hall–Kier alpha value is -2.70. The Balaban J connectivity index is 1.96. The molecule has 6 nitrogen and oxygen atoms in total. The SMILES string of the molecule is O=C1C[C@@H](O)[C@H]2c3ccc(O)c4c3[C@@](O)(CCC4=O)c3ccc(O)c1c32. The zero-order valence-electron chi connectivity index (χ0n) is 13.7. The first-order chi connectivity index (χ1) is 12.3. The number of aliphatic hydroxyl groups is 2. The van der Waals surface area contributed by atoms with Gasteiger partial charge in [-0.25, -0.2) is 0 Å². The molecule has 0 spiro atoms. The van der Waals surface area contributed by atoms with Crippen LogP contribution in [0.3, 0.4) is 0 Å². The molecule has 0 unspecified atom stereocenters. The lowest BCUT2D eigenvalue weighted by molar-refractivity contribution is 0.0441. The monoisotopic (exact) mass is 352 g/mol. The molecule has 2 aromatic rings. The van der Waals surface area contributed by atoms with Gasteiger partial charge < -0.3 is 20.4 Å². The van der Waals surface area contributed by atoms with E-state index in [0.717, 1.165) is 0 Å². The average Bonchev–Trinajstić information content (AvgIpc) is 2.58. The Labute approximate surface area is 148 Å². The minimum absolute atomic E-state index is 0.0529. The van der Waals surface area contributed by atoms with Gasteiger partial charge in [0, 0.05) is 24.3 Å². The molecule has 0 saturated carbocycles. The van der Waals surface area contributed by atoms with Crippen molar-refractivity contribution in [3.63, 3.8) is 0 Å². The molecule has 0 heterocycles. The van der Waals surface area contributed by atoms with Crippen molar-refractivity contribution in [3.05, 3.63) is 57.6 Å². The summed E-state index contributed by atoms with van der Waals surface area (Å²) in [6, 6.07) is 5.87. The van der Waals surface area contributed by atoms with Gasteiger partial charge in [0.05, 0.1) is 17.2 Å². The van der Waals surface area contributed by atoms with Crippen molar-refractivity contribution in [2.75, 3.05) is 0 Å². The number of aliphatic hydroxyl groups excluding tert-OH is 1. The fourth-order valence-corrected chi connectivity index (χ4v) is 4.96. The maximum atomic E-state index is 12.5. The van der Waals surface area contributed by atoms with Gasteiger partial charge in [-0.3, -0.25) is 9.59 Å². The molecule has 3 aliphatic rings.